The van der Waals surface area contributed by atoms with Gasteiger partial charge in [-0.25, -0.2) is 4.39 Å². The number of anilines is 1. The molecule has 168 valence electrons. The van der Waals surface area contributed by atoms with Crippen molar-refractivity contribution < 1.29 is 27.8 Å². The van der Waals surface area contributed by atoms with Crippen LogP contribution in [-0.4, -0.2) is 23.1 Å². The van der Waals surface area contributed by atoms with Gasteiger partial charge in [0.15, 0.2) is 0 Å². The van der Waals surface area contributed by atoms with E-state index >= 15 is 0 Å². The first-order valence-corrected chi connectivity index (χ1v) is 11.2. The first-order valence-electron chi connectivity index (χ1n) is 10.4. The second-order valence-corrected chi connectivity index (χ2v) is 10.4. The first-order chi connectivity index (χ1) is 15.0. The van der Waals surface area contributed by atoms with E-state index in [0.717, 1.165) is 16.7 Å². The minimum atomic E-state index is -3.32. The van der Waals surface area contributed by atoms with Gasteiger partial charge in [0.25, 0.3) is 0 Å². The number of hydrogen-bond acceptors (Lipinski definition) is 4. The zero-order valence-electron chi connectivity index (χ0n) is 17.6. The van der Waals surface area contributed by atoms with Crippen LogP contribution in [0.4, 0.5) is 18.9 Å². The molecule has 4 nitrogen and oxygen atoms in total. The Bertz CT molecular complexity index is 1170. The largest absolute Gasteiger partial charge is 0.457 e. The molecular formula is C24H22F3NO3S. The van der Waals surface area contributed by atoms with Crippen LogP contribution in [0.1, 0.15) is 43.4 Å². The summed E-state index contributed by atoms with van der Waals surface area (Å²) in [6.07, 6.45) is 3.60. The number of rotatable bonds is 5. The molecule has 0 bridgehead atoms. The van der Waals surface area contributed by atoms with Crippen molar-refractivity contribution in [3.8, 4) is 5.75 Å². The minimum absolute atomic E-state index is 0.0164. The Morgan fingerprint density at radius 2 is 2.00 bits per heavy atom. The van der Waals surface area contributed by atoms with E-state index in [2.05, 4.69) is 10.1 Å². The molecule has 2 N–H and O–H groups in total. The van der Waals surface area contributed by atoms with Crippen LogP contribution in [0, 0.1) is 11.2 Å². The van der Waals surface area contributed by atoms with Crippen LogP contribution in [0.3, 0.4) is 0 Å². The highest BCUT2D eigenvalue weighted by Crippen LogP contribution is 2.54. The zero-order chi connectivity index (χ0) is 22.9. The third kappa shape index (κ3) is 3.49. The van der Waals surface area contributed by atoms with Crippen molar-refractivity contribution in [2.24, 2.45) is 5.41 Å². The lowest BCUT2D eigenvalue weighted by Crippen LogP contribution is -2.28. The van der Waals surface area contributed by atoms with Gasteiger partial charge < -0.3 is 15.2 Å². The van der Waals surface area contributed by atoms with E-state index in [0.29, 0.717) is 41.5 Å². The molecule has 0 aromatic heterocycles. The molecule has 2 aromatic rings. The summed E-state index contributed by atoms with van der Waals surface area (Å²) in [7, 11) is 0. The first kappa shape index (κ1) is 21.4. The summed E-state index contributed by atoms with van der Waals surface area (Å²) in [5, 5.41) is 12.3. The van der Waals surface area contributed by atoms with E-state index in [9.17, 15) is 23.1 Å². The number of benzene rings is 2. The van der Waals surface area contributed by atoms with Crippen molar-refractivity contribution in [2.45, 2.75) is 48.9 Å². The molecule has 5 rings (SSSR count). The maximum absolute atomic E-state index is 14.8. The summed E-state index contributed by atoms with van der Waals surface area (Å²) in [6, 6.07) is 7.69. The lowest BCUT2D eigenvalue weighted by atomic mass is 9.84. The van der Waals surface area contributed by atoms with Gasteiger partial charge in [-0.1, -0.05) is 31.6 Å². The van der Waals surface area contributed by atoms with Gasteiger partial charge in [-0.15, -0.1) is 0 Å². The fourth-order valence-electron chi connectivity index (χ4n) is 4.26. The van der Waals surface area contributed by atoms with Crippen molar-refractivity contribution in [1.82, 2.24) is 0 Å². The number of aliphatic hydroxyl groups is 1. The molecular weight excluding hydrogens is 439 g/mol. The number of amides is 1. The highest BCUT2D eigenvalue weighted by atomic mass is 32.2. The number of carbonyl (C=O) groups is 1. The van der Waals surface area contributed by atoms with Crippen molar-refractivity contribution in [3.63, 3.8) is 0 Å². The molecule has 0 saturated heterocycles. The monoisotopic (exact) mass is 461 g/mol. The van der Waals surface area contributed by atoms with Crippen LogP contribution in [-0.2, 0) is 16.6 Å². The SMILES string of the molecule is CC(C)(CO)C1=Cc2cc(NC(=O)C3(c4ccc5c(c4)SC(F)(F)O5)CC3)c(F)cc2C1. The number of ether oxygens (including phenoxy) is 1. The van der Waals surface area contributed by atoms with Crippen molar-refractivity contribution in [2.75, 3.05) is 11.9 Å². The van der Waals surface area contributed by atoms with Crippen LogP contribution in [0.2, 0.25) is 0 Å². The van der Waals surface area contributed by atoms with E-state index in [-0.39, 0.29) is 24.0 Å². The lowest BCUT2D eigenvalue weighted by Gasteiger charge is -2.23. The third-order valence-electron chi connectivity index (χ3n) is 6.59. The Morgan fingerprint density at radius 3 is 2.69 bits per heavy atom. The fourth-order valence-corrected chi connectivity index (χ4v) is 5.04. The van der Waals surface area contributed by atoms with E-state index in [1.54, 1.807) is 18.2 Å². The quantitative estimate of drug-likeness (QED) is 0.618. The van der Waals surface area contributed by atoms with E-state index < -0.39 is 22.1 Å². The summed E-state index contributed by atoms with van der Waals surface area (Å²) < 4.78 is 46.4. The Kier molecular flexibility index (Phi) is 4.70. The Hall–Kier alpha value is -2.45. The molecule has 2 aliphatic carbocycles. The van der Waals surface area contributed by atoms with Crippen molar-refractivity contribution in [1.29, 1.82) is 0 Å². The fraction of sp³-hybridized carbons (Fsp3) is 0.375. The van der Waals surface area contributed by atoms with Gasteiger partial charge in [0.05, 0.1) is 22.6 Å². The molecule has 8 heteroatoms. The number of aliphatic hydroxyl groups excluding tert-OH is 1. The third-order valence-corrected chi connectivity index (χ3v) is 7.45. The average Bonchev–Trinajstić information content (AvgIpc) is 3.34. The van der Waals surface area contributed by atoms with Crippen LogP contribution < -0.4 is 10.1 Å². The predicted octanol–water partition coefficient (Wildman–Crippen LogP) is 5.49. The normalized spacial score (nSPS) is 19.6. The van der Waals surface area contributed by atoms with Crippen LogP contribution in [0.15, 0.2) is 40.8 Å². The van der Waals surface area contributed by atoms with Crippen molar-refractivity contribution in [3.05, 3.63) is 58.4 Å². The van der Waals surface area contributed by atoms with Crippen molar-refractivity contribution >= 4 is 29.4 Å². The molecule has 32 heavy (non-hydrogen) atoms. The molecule has 0 unspecified atom stereocenters. The Balaban J connectivity index is 1.39. The summed E-state index contributed by atoms with van der Waals surface area (Å²) in [5.41, 5.74) is -1.25. The van der Waals surface area contributed by atoms with Gasteiger partial charge in [0.1, 0.15) is 11.6 Å². The number of carbonyl (C=O) groups excluding carboxylic acids is 1. The Morgan fingerprint density at radius 1 is 1.25 bits per heavy atom. The summed E-state index contributed by atoms with van der Waals surface area (Å²) in [6.45, 7) is 3.84. The smallest absolute Gasteiger partial charge is 0.423 e. The summed E-state index contributed by atoms with van der Waals surface area (Å²) in [4.78, 5) is 13.4. The molecule has 0 atom stereocenters. The van der Waals surface area contributed by atoms with Gasteiger partial charge in [-0.3, -0.25) is 4.79 Å². The molecule has 1 aliphatic heterocycles. The highest BCUT2D eigenvalue weighted by Gasteiger charge is 2.52. The second kappa shape index (κ2) is 7.02. The highest BCUT2D eigenvalue weighted by molar-refractivity contribution is 8.00. The molecule has 1 heterocycles. The molecule has 2 aromatic carbocycles. The summed E-state index contributed by atoms with van der Waals surface area (Å²) in [5.74, 6) is -0.787. The van der Waals surface area contributed by atoms with Gasteiger partial charge in [0, 0.05) is 5.41 Å². The second-order valence-electron chi connectivity index (χ2n) is 9.28. The van der Waals surface area contributed by atoms with Gasteiger partial charge in [0.2, 0.25) is 5.91 Å². The molecule has 1 saturated carbocycles. The number of thioether (sulfide) groups is 1. The van der Waals surface area contributed by atoms with Gasteiger partial charge >= 0.3 is 5.44 Å². The average molecular weight is 462 g/mol. The molecule has 0 spiro atoms. The van der Waals surface area contributed by atoms with Gasteiger partial charge in [-0.05, 0) is 72.0 Å². The lowest BCUT2D eigenvalue weighted by molar-refractivity contribution is -0.118. The molecule has 3 aliphatic rings. The predicted molar refractivity (Wildman–Crippen MR) is 116 cm³/mol. The maximum Gasteiger partial charge on any atom is 0.457 e. The number of alkyl halides is 2. The zero-order valence-corrected chi connectivity index (χ0v) is 18.4. The Labute approximate surface area is 187 Å². The summed E-state index contributed by atoms with van der Waals surface area (Å²) >= 11 is 0.315. The van der Waals surface area contributed by atoms with Crippen LogP contribution >= 0.6 is 11.8 Å². The standard InChI is InChI=1S/C24H22F3NO3S/c1-22(2,12-29)16-7-13-9-17(25)18(10-14(13)8-16)28-21(30)23(5-6-23)15-3-4-19-20(11-15)32-24(26,27)31-19/h3-4,8-11,29H,5-7,12H2,1-2H3,(H,28,30). The van der Waals surface area contributed by atoms with Gasteiger partial charge in [-0.2, -0.15) is 8.78 Å². The minimum Gasteiger partial charge on any atom is -0.423 e. The number of hydrogen-bond donors (Lipinski definition) is 2. The number of fused-ring (bicyclic) bond motifs is 2. The topological polar surface area (TPSA) is 58.6 Å². The molecule has 0 radical (unpaired) electrons. The van der Waals surface area contributed by atoms with Crippen LogP contribution in [0.25, 0.3) is 6.08 Å². The maximum atomic E-state index is 14.8. The number of halogens is 3. The van der Waals surface area contributed by atoms with E-state index in [4.69, 9.17) is 0 Å². The van der Waals surface area contributed by atoms with E-state index in [1.165, 1.54) is 12.1 Å². The number of nitrogens with one attached hydrogen (secondary N) is 1. The van der Waals surface area contributed by atoms with E-state index in [1.807, 2.05) is 19.9 Å². The molecule has 1 amide bonds. The molecule has 1 fully saturated rings. The van der Waals surface area contributed by atoms with Crippen LogP contribution in [0.5, 0.6) is 5.75 Å².